The average Bonchev–Trinajstić information content (AvgIpc) is 2.54. The lowest BCUT2D eigenvalue weighted by Crippen LogP contribution is -2.48. The number of rotatable bonds is 1. The molecule has 1 aliphatic carbocycles. The lowest BCUT2D eigenvalue weighted by molar-refractivity contribution is -0.210. The normalized spacial score (nSPS) is 32.2. The number of carbonyl (C=O) groups excluding carboxylic acids is 1. The second-order valence-electron chi connectivity index (χ2n) is 3.71. The van der Waals surface area contributed by atoms with Crippen LogP contribution in [0.25, 0.3) is 0 Å². The van der Waals surface area contributed by atoms with Crippen molar-refractivity contribution < 1.29 is 14.3 Å². The standard InChI is InChI=1S/C9H15NO3/c10-8(11)7-3-1-2-4-9(7)12-5-6-13-9/h7H,1-6H2,(H2,10,11). The first-order valence-corrected chi connectivity index (χ1v) is 4.82. The molecule has 1 saturated carbocycles. The van der Waals surface area contributed by atoms with E-state index in [2.05, 4.69) is 0 Å². The van der Waals surface area contributed by atoms with E-state index in [-0.39, 0.29) is 11.8 Å². The van der Waals surface area contributed by atoms with Crippen LogP contribution in [-0.4, -0.2) is 24.9 Å². The summed E-state index contributed by atoms with van der Waals surface area (Å²) in [6, 6.07) is 0. The number of carbonyl (C=O) groups is 1. The van der Waals surface area contributed by atoms with Crippen LogP contribution in [0.2, 0.25) is 0 Å². The van der Waals surface area contributed by atoms with Crippen LogP contribution >= 0.6 is 0 Å². The van der Waals surface area contributed by atoms with Gasteiger partial charge in [-0.25, -0.2) is 0 Å². The molecule has 1 amide bonds. The quantitative estimate of drug-likeness (QED) is 0.643. The molecule has 4 nitrogen and oxygen atoms in total. The van der Waals surface area contributed by atoms with Gasteiger partial charge in [-0.05, 0) is 12.8 Å². The van der Waals surface area contributed by atoms with Crippen molar-refractivity contribution >= 4 is 5.91 Å². The highest BCUT2D eigenvalue weighted by molar-refractivity contribution is 5.77. The van der Waals surface area contributed by atoms with E-state index in [0.717, 1.165) is 25.7 Å². The van der Waals surface area contributed by atoms with Crippen LogP contribution in [-0.2, 0) is 14.3 Å². The van der Waals surface area contributed by atoms with Gasteiger partial charge in [0.2, 0.25) is 5.91 Å². The molecule has 1 spiro atoms. The molecule has 0 aromatic heterocycles. The van der Waals surface area contributed by atoms with E-state index in [9.17, 15) is 4.79 Å². The third kappa shape index (κ3) is 1.44. The van der Waals surface area contributed by atoms with Crippen molar-refractivity contribution in [1.29, 1.82) is 0 Å². The molecule has 1 atom stereocenters. The second-order valence-corrected chi connectivity index (χ2v) is 3.71. The Morgan fingerprint density at radius 2 is 2.00 bits per heavy atom. The van der Waals surface area contributed by atoms with Crippen LogP contribution in [0.3, 0.4) is 0 Å². The van der Waals surface area contributed by atoms with Gasteiger partial charge in [0.15, 0.2) is 5.79 Å². The summed E-state index contributed by atoms with van der Waals surface area (Å²) in [7, 11) is 0. The van der Waals surface area contributed by atoms with Crippen molar-refractivity contribution in [2.24, 2.45) is 11.7 Å². The summed E-state index contributed by atoms with van der Waals surface area (Å²) in [6.07, 6.45) is 3.71. The van der Waals surface area contributed by atoms with Gasteiger partial charge in [-0.3, -0.25) is 4.79 Å². The Kier molecular flexibility index (Phi) is 2.26. The number of nitrogens with two attached hydrogens (primary N) is 1. The first-order chi connectivity index (χ1) is 6.25. The molecule has 2 fully saturated rings. The molecule has 0 bridgehead atoms. The van der Waals surface area contributed by atoms with Crippen molar-refractivity contribution in [3.8, 4) is 0 Å². The molecule has 2 aliphatic rings. The Balaban J connectivity index is 2.16. The molecule has 1 unspecified atom stereocenters. The van der Waals surface area contributed by atoms with E-state index in [0.29, 0.717) is 13.2 Å². The van der Waals surface area contributed by atoms with Gasteiger partial charge in [0, 0.05) is 6.42 Å². The lowest BCUT2D eigenvalue weighted by atomic mass is 9.83. The summed E-state index contributed by atoms with van der Waals surface area (Å²) in [4.78, 5) is 11.2. The van der Waals surface area contributed by atoms with Crippen molar-refractivity contribution in [2.75, 3.05) is 13.2 Å². The molecule has 1 heterocycles. The summed E-state index contributed by atoms with van der Waals surface area (Å²) in [6.45, 7) is 1.17. The predicted octanol–water partition coefficient (Wildman–Crippen LogP) is 0.405. The number of hydrogen-bond donors (Lipinski definition) is 1. The van der Waals surface area contributed by atoms with E-state index in [1.807, 2.05) is 0 Å². The lowest BCUT2D eigenvalue weighted by Gasteiger charge is -2.37. The minimum Gasteiger partial charge on any atom is -0.369 e. The Labute approximate surface area is 77.4 Å². The van der Waals surface area contributed by atoms with Crippen LogP contribution in [0.1, 0.15) is 25.7 Å². The van der Waals surface area contributed by atoms with E-state index in [1.165, 1.54) is 0 Å². The molecule has 2 N–H and O–H groups in total. The summed E-state index contributed by atoms with van der Waals surface area (Å²) < 4.78 is 11.1. The maximum Gasteiger partial charge on any atom is 0.225 e. The van der Waals surface area contributed by atoms with Crippen molar-refractivity contribution in [3.05, 3.63) is 0 Å². The fourth-order valence-electron chi connectivity index (χ4n) is 2.29. The first kappa shape index (κ1) is 8.97. The Morgan fingerprint density at radius 1 is 1.31 bits per heavy atom. The first-order valence-electron chi connectivity index (χ1n) is 4.82. The van der Waals surface area contributed by atoms with Crippen molar-refractivity contribution in [2.45, 2.75) is 31.5 Å². The Bertz CT molecular complexity index is 211. The van der Waals surface area contributed by atoms with Crippen LogP contribution < -0.4 is 5.73 Å². The number of primary amides is 1. The highest BCUT2D eigenvalue weighted by atomic mass is 16.7. The van der Waals surface area contributed by atoms with Gasteiger partial charge in [-0.15, -0.1) is 0 Å². The van der Waals surface area contributed by atoms with Gasteiger partial charge in [-0.1, -0.05) is 6.42 Å². The molecule has 1 aliphatic heterocycles. The monoisotopic (exact) mass is 185 g/mol. The molecule has 0 aromatic rings. The molecule has 1 saturated heterocycles. The van der Waals surface area contributed by atoms with Crippen LogP contribution in [0, 0.1) is 5.92 Å². The molecular weight excluding hydrogens is 170 g/mol. The van der Waals surface area contributed by atoms with Crippen molar-refractivity contribution in [3.63, 3.8) is 0 Å². The van der Waals surface area contributed by atoms with E-state index >= 15 is 0 Å². The second kappa shape index (κ2) is 3.27. The minimum absolute atomic E-state index is 0.247. The summed E-state index contributed by atoms with van der Waals surface area (Å²) in [5, 5.41) is 0. The third-order valence-corrected chi connectivity index (χ3v) is 2.92. The predicted molar refractivity (Wildman–Crippen MR) is 45.8 cm³/mol. The smallest absolute Gasteiger partial charge is 0.225 e. The molecular formula is C9H15NO3. The summed E-state index contributed by atoms with van der Waals surface area (Å²) in [5.41, 5.74) is 5.32. The summed E-state index contributed by atoms with van der Waals surface area (Å²) >= 11 is 0. The largest absolute Gasteiger partial charge is 0.369 e. The zero-order valence-corrected chi connectivity index (χ0v) is 7.62. The van der Waals surface area contributed by atoms with Crippen molar-refractivity contribution in [1.82, 2.24) is 0 Å². The Morgan fingerprint density at radius 3 is 2.62 bits per heavy atom. The van der Waals surface area contributed by atoms with E-state index in [1.54, 1.807) is 0 Å². The van der Waals surface area contributed by atoms with Crippen LogP contribution in [0.4, 0.5) is 0 Å². The highest BCUT2D eigenvalue weighted by Crippen LogP contribution is 2.40. The molecule has 13 heavy (non-hydrogen) atoms. The molecule has 2 rings (SSSR count). The van der Waals surface area contributed by atoms with Gasteiger partial charge in [0.1, 0.15) is 0 Å². The van der Waals surface area contributed by atoms with E-state index in [4.69, 9.17) is 15.2 Å². The SMILES string of the molecule is NC(=O)C1CCCCC12OCCO2. The maximum atomic E-state index is 11.2. The zero-order valence-electron chi connectivity index (χ0n) is 7.62. The van der Waals surface area contributed by atoms with Gasteiger partial charge >= 0.3 is 0 Å². The minimum atomic E-state index is -0.663. The van der Waals surface area contributed by atoms with E-state index < -0.39 is 5.79 Å². The van der Waals surface area contributed by atoms with Gasteiger partial charge in [0.05, 0.1) is 19.1 Å². The van der Waals surface area contributed by atoms with Crippen LogP contribution in [0.5, 0.6) is 0 Å². The molecule has 0 aromatic carbocycles. The average molecular weight is 185 g/mol. The van der Waals surface area contributed by atoms with Gasteiger partial charge in [0.25, 0.3) is 0 Å². The molecule has 4 heteroatoms. The number of amides is 1. The topological polar surface area (TPSA) is 61.6 Å². The fourth-order valence-corrected chi connectivity index (χ4v) is 2.29. The summed E-state index contributed by atoms with van der Waals surface area (Å²) in [5.74, 6) is -1.20. The highest BCUT2D eigenvalue weighted by Gasteiger charge is 2.48. The van der Waals surface area contributed by atoms with Crippen LogP contribution in [0.15, 0.2) is 0 Å². The van der Waals surface area contributed by atoms with Gasteiger partial charge in [-0.2, -0.15) is 0 Å². The fraction of sp³-hybridized carbons (Fsp3) is 0.889. The third-order valence-electron chi connectivity index (χ3n) is 2.92. The maximum absolute atomic E-state index is 11.2. The molecule has 0 radical (unpaired) electrons. The van der Waals surface area contributed by atoms with Gasteiger partial charge < -0.3 is 15.2 Å². The Hall–Kier alpha value is -0.610. The molecule has 74 valence electrons. The number of hydrogen-bond acceptors (Lipinski definition) is 3. The number of ether oxygens (including phenoxy) is 2. The zero-order chi connectivity index (χ0) is 9.31.